The molecule has 0 radical (unpaired) electrons. The van der Waals surface area contributed by atoms with Gasteiger partial charge in [-0.2, -0.15) is 0 Å². The maximum Gasteiger partial charge on any atom is 0.239 e. The Bertz CT molecular complexity index is 407. The normalized spacial score (nSPS) is 20.5. The number of unbranched alkanes of at least 4 members (excludes halogenated alkanes) is 1. The number of hydrogen-bond donors (Lipinski definition) is 1. The van der Waals surface area contributed by atoms with E-state index in [2.05, 4.69) is 11.9 Å². The number of pyridine rings is 1. The summed E-state index contributed by atoms with van der Waals surface area (Å²) in [6, 6.07) is 3.78. The van der Waals surface area contributed by atoms with Gasteiger partial charge in [-0.05, 0) is 30.9 Å². The molecule has 1 saturated heterocycles. The van der Waals surface area contributed by atoms with E-state index >= 15 is 0 Å². The highest BCUT2D eigenvalue weighted by molar-refractivity contribution is 5.82. The minimum absolute atomic E-state index is 0.0970. The molecule has 0 aliphatic carbocycles. The fraction of sp³-hybridized carbons (Fsp3) is 0.600. The smallest absolute Gasteiger partial charge is 0.239 e. The summed E-state index contributed by atoms with van der Waals surface area (Å²) in [4.78, 5) is 18.5. The maximum absolute atomic E-state index is 12.4. The van der Waals surface area contributed by atoms with Crippen molar-refractivity contribution in [2.45, 2.75) is 51.1 Å². The monoisotopic (exact) mass is 261 g/mol. The Balaban J connectivity index is 2.04. The molecule has 0 spiro atoms. The molecule has 2 unspecified atom stereocenters. The van der Waals surface area contributed by atoms with E-state index in [-0.39, 0.29) is 18.0 Å². The molecule has 1 amide bonds. The molecular formula is C15H23N3O. The summed E-state index contributed by atoms with van der Waals surface area (Å²) in [5, 5.41) is 0. The summed E-state index contributed by atoms with van der Waals surface area (Å²) >= 11 is 0. The number of nitrogens with zero attached hydrogens (tertiary/aromatic N) is 2. The number of rotatable bonds is 5. The van der Waals surface area contributed by atoms with Crippen molar-refractivity contribution in [3.63, 3.8) is 0 Å². The second kappa shape index (κ2) is 6.66. The van der Waals surface area contributed by atoms with Crippen molar-refractivity contribution in [3.8, 4) is 0 Å². The van der Waals surface area contributed by atoms with Crippen molar-refractivity contribution in [3.05, 3.63) is 30.1 Å². The van der Waals surface area contributed by atoms with Crippen molar-refractivity contribution in [2.24, 2.45) is 5.73 Å². The average Bonchev–Trinajstić information content (AvgIpc) is 2.94. The second-order valence-corrected chi connectivity index (χ2v) is 5.22. The molecule has 2 heterocycles. The number of nitrogens with two attached hydrogens (primary N) is 1. The van der Waals surface area contributed by atoms with Crippen LogP contribution in [-0.2, 0) is 4.79 Å². The first kappa shape index (κ1) is 14.0. The second-order valence-electron chi connectivity index (χ2n) is 5.22. The highest BCUT2D eigenvalue weighted by Gasteiger charge is 2.32. The quantitative estimate of drug-likeness (QED) is 0.884. The molecule has 1 aromatic rings. The van der Waals surface area contributed by atoms with Crippen LogP contribution < -0.4 is 5.73 Å². The third-order valence-electron chi connectivity index (χ3n) is 3.79. The first-order valence-corrected chi connectivity index (χ1v) is 7.20. The molecule has 1 aromatic heterocycles. The van der Waals surface area contributed by atoms with Gasteiger partial charge in [0.2, 0.25) is 5.91 Å². The van der Waals surface area contributed by atoms with Crippen LogP contribution in [-0.4, -0.2) is 28.4 Å². The SMILES string of the molecule is CCCCC(N)C(=O)N1CCCC1c1cccnc1. The lowest BCUT2D eigenvalue weighted by Gasteiger charge is -2.27. The van der Waals surface area contributed by atoms with Crippen molar-refractivity contribution in [1.29, 1.82) is 0 Å². The van der Waals surface area contributed by atoms with E-state index in [9.17, 15) is 4.79 Å². The number of likely N-dealkylation sites (tertiary alicyclic amines) is 1. The topological polar surface area (TPSA) is 59.2 Å². The van der Waals surface area contributed by atoms with Crippen LogP contribution in [0.5, 0.6) is 0 Å². The molecule has 2 rings (SSSR count). The molecule has 1 aliphatic heterocycles. The summed E-state index contributed by atoms with van der Waals surface area (Å²) < 4.78 is 0. The molecular weight excluding hydrogens is 238 g/mol. The van der Waals surface area contributed by atoms with Crippen LogP contribution >= 0.6 is 0 Å². The molecule has 1 aliphatic rings. The molecule has 19 heavy (non-hydrogen) atoms. The molecule has 2 N–H and O–H groups in total. The predicted molar refractivity (Wildman–Crippen MR) is 75.4 cm³/mol. The van der Waals surface area contributed by atoms with Crippen LogP contribution in [0.4, 0.5) is 0 Å². The van der Waals surface area contributed by atoms with Crippen LogP contribution in [0.25, 0.3) is 0 Å². The number of aromatic nitrogens is 1. The van der Waals surface area contributed by atoms with Gasteiger partial charge >= 0.3 is 0 Å². The van der Waals surface area contributed by atoms with Crippen LogP contribution in [0.3, 0.4) is 0 Å². The third kappa shape index (κ3) is 3.32. The fourth-order valence-corrected chi connectivity index (χ4v) is 2.71. The molecule has 4 nitrogen and oxygen atoms in total. The number of carbonyl (C=O) groups excluding carboxylic acids is 1. The number of hydrogen-bond acceptors (Lipinski definition) is 3. The highest BCUT2D eigenvalue weighted by Crippen LogP contribution is 2.31. The Morgan fingerprint density at radius 3 is 3.16 bits per heavy atom. The van der Waals surface area contributed by atoms with Gasteiger partial charge in [0, 0.05) is 18.9 Å². The highest BCUT2D eigenvalue weighted by atomic mass is 16.2. The van der Waals surface area contributed by atoms with E-state index in [1.165, 1.54) is 0 Å². The van der Waals surface area contributed by atoms with Gasteiger partial charge < -0.3 is 10.6 Å². The first-order valence-electron chi connectivity index (χ1n) is 7.20. The van der Waals surface area contributed by atoms with E-state index in [0.29, 0.717) is 0 Å². The van der Waals surface area contributed by atoms with E-state index in [1.54, 1.807) is 6.20 Å². The summed E-state index contributed by atoms with van der Waals surface area (Å²) in [5.41, 5.74) is 7.14. The van der Waals surface area contributed by atoms with Gasteiger partial charge in [0.05, 0.1) is 12.1 Å². The Morgan fingerprint density at radius 1 is 1.63 bits per heavy atom. The van der Waals surface area contributed by atoms with Gasteiger partial charge in [0.25, 0.3) is 0 Å². The summed E-state index contributed by atoms with van der Waals surface area (Å²) in [6.07, 6.45) is 8.55. The van der Waals surface area contributed by atoms with E-state index in [4.69, 9.17) is 5.73 Å². The van der Waals surface area contributed by atoms with Crippen LogP contribution in [0.15, 0.2) is 24.5 Å². The molecule has 2 atom stereocenters. The first-order chi connectivity index (χ1) is 9.24. The zero-order valence-corrected chi connectivity index (χ0v) is 11.6. The summed E-state index contributed by atoms with van der Waals surface area (Å²) in [7, 11) is 0. The molecule has 0 bridgehead atoms. The zero-order chi connectivity index (χ0) is 13.7. The van der Waals surface area contributed by atoms with Crippen molar-refractivity contribution >= 4 is 5.91 Å². The maximum atomic E-state index is 12.4. The minimum Gasteiger partial charge on any atom is -0.334 e. The van der Waals surface area contributed by atoms with E-state index in [1.807, 2.05) is 23.2 Å². The molecule has 4 heteroatoms. The Kier molecular flexibility index (Phi) is 4.91. The van der Waals surface area contributed by atoms with Gasteiger partial charge in [0.15, 0.2) is 0 Å². The van der Waals surface area contributed by atoms with Gasteiger partial charge in [-0.25, -0.2) is 0 Å². The molecule has 0 aromatic carbocycles. The van der Waals surface area contributed by atoms with Crippen LogP contribution in [0.1, 0.15) is 50.6 Å². The Hall–Kier alpha value is -1.42. The van der Waals surface area contributed by atoms with Gasteiger partial charge in [-0.15, -0.1) is 0 Å². The van der Waals surface area contributed by atoms with Gasteiger partial charge in [0.1, 0.15) is 0 Å². The summed E-state index contributed by atoms with van der Waals surface area (Å²) in [5.74, 6) is 0.0970. The Labute approximate surface area is 115 Å². The standard InChI is InChI=1S/C15H23N3O/c1-2-3-7-13(16)15(19)18-10-5-8-14(18)12-6-4-9-17-11-12/h4,6,9,11,13-14H,2-3,5,7-8,10,16H2,1H3. The Morgan fingerprint density at radius 2 is 2.47 bits per heavy atom. The number of carbonyl (C=O) groups is 1. The zero-order valence-electron chi connectivity index (χ0n) is 11.6. The summed E-state index contributed by atoms with van der Waals surface area (Å²) in [6.45, 7) is 2.93. The lowest BCUT2D eigenvalue weighted by Crippen LogP contribution is -2.43. The van der Waals surface area contributed by atoms with Crippen molar-refractivity contribution in [1.82, 2.24) is 9.88 Å². The molecule has 1 fully saturated rings. The molecule has 0 saturated carbocycles. The van der Waals surface area contributed by atoms with Crippen LogP contribution in [0, 0.1) is 0 Å². The van der Waals surface area contributed by atoms with Gasteiger partial charge in [-0.3, -0.25) is 9.78 Å². The van der Waals surface area contributed by atoms with Crippen molar-refractivity contribution < 1.29 is 4.79 Å². The predicted octanol–water partition coefficient (Wildman–Crippen LogP) is 2.26. The van der Waals surface area contributed by atoms with E-state index in [0.717, 1.165) is 44.2 Å². The lowest BCUT2D eigenvalue weighted by atomic mass is 10.1. The van der Waals surface area contributed by atoms with Gasteiger partial charge in [-0.1, -0.05) is 25.8 Å². The van der Waals surface area contributed by atoms with E-state index < -0.39 is 0 Å². The largest absolute Gasteiger partial charge is 0.334 e. The van der Waals surface area contributed by atoms with Crippen molar-refractivity contribution in [2.75, 3.05) is 6.54 Å². The minimum atomic E-state index is -0.350. The lowest BCUT2D eigenvalue weighted by molar-refractivity contribution is -0.133. The third-order valence-corrected chi connectivity index (χ3v) is 3.79. The number of amides is 1. The average molecular weight is 261 g/mol. The molecule has 104 valence electrons. The van der Waals surface area contributed by atoms with Crippen LogP contribution in [0.2, 0.25) is 0 Å². The fourth-order valence-electron chi connectivity index (χ4n) is 2.71.